The average Bonchev–Trinajstić information content (AvgIpc) is 3.41. The summed E-state index contributed by atoms with van der Waals surface area (Å²) in [6.45, 7) is 6.49. The van der Waals surface area contributed by atoms with Crippen LogP contribution in [-0.2, 0) is 42.1 Å². The first-order valence-electron chi connectivity index (χ1n) is 30.9. The number of rotatable bonds is 53. The van der Waals surface area contributed by atoms with Crippen LogP contribution in [0.15, 0.2) is 60.7 Å². The zero-order valence-electron chi connectivity index (χ0n) is 49.2. The molecule has 0 aliphatic rings. The lowest BCUT2D eigenvalue weighted by molar-refractivity contribution is -0.151. The van der Waals surface area contributed by atoms with E-state index in [1.807, 2.05) is 0 Å². The number of nitrogens with one attached hydrogen (secondary N) is 3. The van der Waals surface area contributed by atoms with Crippen LogP contribution in [0.3, 0.4) is 0 Å². The smallest absolute Gasteiger partial charge is 0.462 e. The number of ether oxygens (including phenoxy) is 1. The van der Waals surface area contributed by atoms with Crippen LogP contribution >= 0.6 is 15.6 Å². The van der Waals surface area contributed by atoms with Gasteiger partial charge in [0.2, 0.25) is 17.7 Å². The topological polar surface area (TPSA) is 245 Å². The fourth-order valence-corrected chi connectivity index (χ4v) is 11.1. The maximum absolute atomic E-state index is 14.9. The van der Waals surface area contributed by atoms with E-state index in [2.05, 4.69) is 41.2 Å². The zero-order valence-corrected chi connectivity index (χ0v) is 51.0. The van der Waals surface area contributed by atoms with Gasteiger partial charge in [-0.2, -0.15) is 0 Å². The van der Waals surface area contributed by atoms with Crippen LogP contribution in [-0.4, -0.2) is 76.2 Å². The highest BCUT2D eigenvalue weighted by Crippen LogP contribution is 2.51. The van der Waals surface area contributed by atoms with Crippen molar-refractivity contribution in [2.24, 2.45) is 0 Å². The Balaban J connectivity index is 2.40. The monoisotopic (exact) mass is 1170 g/mol. The van der Waals surface area contributed by atoms with Gasteiger partial charge in [0.15, 0.2) is 0 Å². The van der Waals surface area contributed by atoms with Crippen molar-refractivity contribution in [2.45, 2.75) is 276 Å². The summed E-state index contributed by atoms with van der Waals surface area (Å²) < 4.78 is 54.6. The number of aliphatic hydroxyl groups excluding tert-OH is 1. The van der Waals surface area contributed by atoms with Crippen molar-refractivity contribution < 1.29 is 66.0 Å². The Kier molecular flexibility index (Phi) is 42.1. The Morgan fingerprint density at radius 1 is 0.525 bits per heavy atom. The van der Waals surface area contributed by atoms with Crippen LogP contribution < -0.4 is 25.0 Å². The summed E-state index contributed by atoms with van der Waals surface area (Å²) in [5.74, 6) is -2.11. The van der Waals surface area contributed by atoms with Gasteiger partial charge >= 0.3 is 21.6 Å². The number of unbranched alkanes of at least 4 members (excludes halogenated alkanes) is 26. The number of amides is 3. The average molecular weight is 1170 g/mol. The molecule has 0 saturated carbocycles. The number of benzene rings is 2. The molecule has 458 valence electrons. The number of aliphatic hydroxyl groups is 1. The zero-order chi connectivity index (χ0) is 58.4. The molecule has 0 fully saturated rings. The summed E-state index contributed by atoms with van der Waals surface area (Å²) in [6, 6.07) is 14.9. The lowest BCUT2D eigenvalue weighted by atomic mass is 10.0. The molecule has 0 aliphatic heterocycles. The van der Waals surface area contributed by atoms with E-state index in [1.54, 1.807) is 60.7 Å². The largest absolute Gasteiger partial charge is 0.589 e. The minimum Gasteiger partial charge on any atom is -0.462 e. The van der Waals surface area contributed by atoms with E-state index in [4.69, 9.17) is 28.1 Å². The Hall–Kier alpha value is -3.82. The van der Waals surface area contributed by atoms with Crippen molar-refractivity contribution in [2.75, 3.05) is 13.2 Å². The van der Waals surface area contributed by atoms with Gasteiger partial charge in [0.1, 0.15) is 29.9 Å². The number of carbonyl (C=O) groups is 4. The second-order valence-electron chi connectivity index (χ2n) is 21.4. The fraction of sp³-hybridized carbons (Fsp3) is 0.738. The molecule has 0 heterocycles. The van der Waals surface area contributed by atoms with Gasteiger partial charge in [-0.3, -0.25) is 23.7 Å². The van der Waals surface area contributed by atoms with E-state index in [1.165, 1.54) is 89.9 Å². The van der Waals surface area contributed by atoms with Crippen LogP contribution in [0.5, 0.6) is 11.5 Å². The van der Waals surface area contributed by atoms with Crippen molar-refractivity contribution in [1.29, 1.82) is 0 Å². The summed E-state index contributed by atoms with van der Waals surface area (Å²) >= 11 is 0. The number of phosphoric acid groups is 2. The Bertz CT molecular complexity index is 1930. The van der Waals surface area contributed by atoms with Crippen molar-refractivity contribution in [3.63, 3.8) is 0 Å². The molecule has 0 bridgehead atoms. The molecule has 0 radical (unpaired) electrons. The van der Waals surface area contributed by atoms with E-state index in [0.717, 1.165) is 70.6 Å². The third-order valence-electron chi connectivity index (χ3n) is 13.9. The molecule has 80 heavy (non-hydrogen) atoms. The highest BCUT2D eigenvalue weighted by molar-refractivity contribution is 7.49. The van der Waals surface area contributed by atoms with Gasteiger partial charge in [-0.05, 0) is 69.2 Å². The highest BCUT2D eigenvalue weighted by atomic mass is 31.2. The molecule has 0 spiro atoms. The van der Waals surface area contributed by atoms with Gasteiger partial charge in [0.05, 0.1) is 25.6 Å². The molecule has 0 aliphatic carbocycles. The minimum absolute atomic E-state index is 0.0917. The molecule has 2 aromatic carbocycles. The van der Waals surface area contributed by atoms with Gasteiger partial charge in [0.25, 0.3) is 0 Å². The normalized spacial score (nSPS) is 13.2. The number of phosphoric ester groups is 2. The standard InChI is InChI=1S/C61H105N3O14P2/c1-4-7-10-13-16-19-22-25-31-40-52(65)49-57(66)64-59(78-80(73,76-53-41-33-28-34-42-53)77-54-43-35-29-36-44-54)51-56(61(69)62-47-38-30-39-48-74-79(70,71)72)63-58(67)50-55(45-32-26-23-20-17-14-11-8-5-2)75-60(68)46-37-27-24-21-18-15-12-9-6-3/h28-29,33-36,41-44,52,55-56,59,65H,4-27,30-32,37-40,45-51H2,1-3H3,(H,62,69)(H,63,67)(H,64,66)(H2,70,71,72)/t52-,55-,56?,59?/m1/s1. The third-order valence-corrected chi connectivity index (χ3v) is 15.8. The summed E-state index contributed by atoms with van der Waals surface area (Å²) in [6.07, 6.45) is 27.1. The Morgan fingerprint density at radius 2 is 0.963 bits per heavy atom. The Labute approximate surface area is 481 Å². The second-order valence-corrected chi connectivity index (χ2v) is 24.1. The molecule has 4 atom stereocenters. The van der Waals surface area contributed by atoms with Gasteiger partial charge in [-0.15, -0.1) is 0 Å². The first-order chi connectivity index (χ1) is 38.6. The van der Waals surface area contributed by atoms with Gasteiger partial charge in [-0.1, -0.05) is 218 Å². The second kappa shape index (κ2) is 46.6. The van der Waals surface area contributed by atoms with E-state index in [-0.39, 0.29) is 49.9 Å². The van der Waals surface area contributed by atoms with Gasteiger partial charge in [-0.25, -0.2) is 13.7 Å². The van der Waals surface area contributed by atoms with Crippen molar-refractivity contribution in [1.82, 2.24) is 16.0 Å². The number of para-hydroxylation sites is 2. The predicted octanol–water partition coefficient (Wildman–Crippen LogP) is 14.8. The summed E-state index contributed by atoms with van der Waals surface area (Å²) in [4.78, 5) is 74.0. The SMILES string of the molecule is CCCCCCCCCCCC(=O)O[C@H](CCCCCCCCCCC)CC(=O)NC(CC(NC(=O)C[C@H](O)CCCCCCCCCCC)OP(=O)(Oc1ccccc1)Oc1ccccc1)C(=O)NCCCCCOP(=O)(O)O. The molecular weight excluding hydrogens is 1060 g/mol. The molecule has 0 saturated heterocycles. The van der Waals surface area contributed by atoms with Crippen LogP contribution in [0.2, 0.25) is 0 Å². The fourth-order valence-electron chi connectivity index (χ4n) is 9.35. The number of esters is 1. The van der Waals surface area contributed by atoms with Crippen LogP contribution in [0.25, 0.3) is 0 Å². The van der Waals surface area contributed by atoms with E-state index >= 15 is 0 Å². The van der Waals surface area contributed by atoms with Crippen LogP contribution in [0.4, 0.5) is 0 Å². The van der Waals surface area contributed by atoms with Crippen molar-refractivity contribution in [3.8, 4) is 11.5 Å². The molecular formula is C61H105N3O14P2. The Morgan fingerprint density at radius 3 is 1.45 bits per heavy atom. The summed E-state index contributed by atoms with van der Waals surface area (Å²) in [5.41, 5.74) is 0. The number of carbonyl (C=O) groups excluding carboxylic acids is 4. The van der Waals surface area contributed by atoms with Gasteiger partial charge in [0, 0.05) is 19.4 Å². The molecule has 3 amide bonds. The van der Waals surface area contributed by atoms with Crippen molar-refractivity contribution in [3.05, 3.63) is 60.7 Å². The van der Waals surface area contributed by atoms with E-state index in [0.29, 0.717) is 44.9 Å². The molecule has 2 rings (SSSR count). The first-order valence-corrected chi connectivity index (χ1v) is 33.9. The molecule has 2 aromatic rings. The number of hydrogen-bond acceptors (Lipinski definition) is 12. The predicted molar refractivity (Wildman–Crippen MR) is 317 cm³/mol. The molecule has 2 unspecified atom stereocenters. The minimum atomic E-state index is -4.75. The summed E-state index contributed by atoms with van der Waals surface area (Å²) in [7, 11) is -9.40. The van der Waals surface area contributed by atoms with Crippen LogP contribution in [0.1, 0.15) is 252 Å². The quantitative estimate of drug-likeness (QED) is 0.0156. The van der Waals surface area contributed by atoms with Crippen LogP contribution in [0, 0.1) is 0 Å². The van der Waals surface area contributed by atoms with E-state index < -0.39 is 64.3 Å². The maximum Gasteiger partial charge on any atom is 0.589 e. The molecule has 6 N–H and O–H groups in total. The van der Waals surface area contributed by atoms with Crippen molar-refractivity contribution >= 4 is 39.3 Å². The van der Waals surface area contributed by atoms with Gasteiger partial charge < -0.3 is 44.6 Å². The first kappa shape index (κ1) is 72.3. The molecule has 0 aromatic heterocycles. The molecule has 17 nitrogen and oxygen atoms in total. The highest BCUT2D eigenvalue weighted by Gasteiger charge is 2.38. The molecule has 19 heteroatoms. The maximum atomic E-state index is 14.9. The lowest BCUT2D eigenvalue weighted by Crippen LogP contribution is -2.52. The summed E-state index contributed by atoms with van der Waals surface area (Å²) in [5, 5.41) is 19.4. The third kappa shape index (κ3) is 40.4. The number of hydrogen-bond donors (Lipinski definition) is 6. The lowest BCUT2D eigenvalue weighted by Gasteiger charge is -2.28. The van der Waals surface area contributed by atoms with E-state index in [9.17, 15) is 33.4 Å².